The maximum atomic E-state index is 13.0. The molecule has 4 nitrogen and oxygen atoms in total. The zero-order chi connectivity index (χ0) is 16.8. The lowest BCUT2D eigenvalue weighted by Crippen LogP contribution is -2.16. The molecule has 0 bridgehead atoms. The number of anilines is 1. The molecule has 0 amide bonds. The summed E-state index contributed by atoms with van der Waals surface area (Å²) in [7, 11) is 1.88. The summed E-state index contributed by atoms with van der Waals surface area (Å²) in [5, 5.41) is 5.16. The molecule has 0 unspecified atom stereocenters. The van der Waals surface area contributed by atoms with Crippen molar-refractivity contribution in [2.24, 2.45) is 0 Å². The summed E-state index contributed by atoms with van der Waals surface area (Å²) in [5.74, 6) is 0. The van der Waals surface area contributed by atoms with Crippen LogP contribution in [0.15, 0.2) is 47.5 Å². The Bertz CT molecular complexity index is 1140. The second kappa shape index (κ2) is 5.46. The van der Waals surface area contributed by atoms with E-state index in [0.29, 0.717) is 0 Å². The summed E-state index contributed by atoms with van der Waals surface area (Å²) in [6.45, 7) is 4.13. The Morgan fingerprint density at radius 1 is 1.12 bits per heavy atom. The van der Waals surface area contributed by atoms with Gasteiger partial charge in [0.15, 0.2) is 0 Å². The molecule has 3 heterocycles. The fourth-order valence-electron chi connectivity index (χ4n) is 2.98. The van der Waals surface area contributed by atoms with Crippen LogP contribution in [0.3, 0.4) is 0 Å². The summed E-state index contributed by atoms with van der Waals surface area (Å²) in [4.78, 5) is 18.3. The third-order valence-electron chi connectivity index (χ3n) is 4.47. The van der Waals surface area contributed by atoms with Crippen molar-refractivity contribution < 1.29 is 0 Å². The van der Waals surface area contributed by atoms with Crippen LogP contribution in [0, 0.1) is 13.8 Å². The van der Waals surface area contributed by atoms with E-state index in [9.17, 15) is 4.79 Å². The van der Waals surface area contributed by atoms with Gasteiger partial charge in [0.1, 0.15) is 9.53 Å². The molecule has 0 saturated carbocycles. The summed E-state index contributed by atoms with van der Waals surface area (Å²) in [5.41, 5.74) is 4.28. The van der Waals surface area contributed by atoms with Crippen molar-refractivity contribution in [3.63, 3.8) is 0 Å². The maximum absolute atomic E-state index is 13.0. The van der Waals surface area contributed by atoms with Crippen LogP contribution in [-0.4, -0.2) is 16.6 Å². The molecular weight excluding hydrogens is 318 g/mol. The van der Waals surface area contributed by atoms with Gasteiger partial charge < -0.3 is 5.32 Å². The van der Waals surface area contributed by atoms with E-state index in [1.165, 1.54) is 22.5 Å². The third-order valence-corrected chi connectivity index (χ3v) is 5.57. The van der Waals surface area contributed by atoms with E-state index < -0.39 is 0 Å². The molecule has 5 heteroatoms. The van der Waals surface area contributed by atoms with Gasteiger partial charge in [-0.2, -0.15) is 0 Å². The van der Waals surface area contributed by atoms with E-state index in [-0.39, 0.29) is 5.56 Å². The van der Waals surface area contributed by atoms with E-state index in [0.717, 1.165) is 31.7 Å². The molecule has 0 aliphatic heterocycles. The largest absolute Gasteiger partial charge is 0.387 e. The minimum atomic E-state index is 0.000746. The Balaban J connectivity index is 2.04. The minimum Gasteiger partial charge on any atom is -0.387 e. The number of rotatable bonds is 2. The van der Waals surface area contributed by atoms with Crippen LogP contribution in [-0.2, 0) is 0 Å². The molecule has 1 N–H and O–H groups in total. The highest BCUT2D eigenvalue weighted by Gasteiger charge is 2.14. The first-order valence-corrected chi connectivity index (χ1v) is 8.60. The quantitative estimate of drug-likeness (QED) is 0.595. The average Bonchev–Trinajstić information content (AvgIpc) is 2.97. The number of fused-ring (bicyclic) bond motifs is 3. The van der Waals surface area contributed by atoms with Gasteiger partial charge in [0.25, 0.3) is 5.56 Å². The molecule has 0 saturated heterocycles. The summed E-state index contributed by atoms with van der Waals surface area (Å²) < 4.78 is 2.45. The van der Waals surface area contributed by atoms with Gasteiger partial charge in [-0.1, -0.05) is 6.07 Å². The van der Waals surface area contributed by atoms with Crippen molar-refractivity contribution in [3.05, 3.63) is 64.2 Å². The van der Waals surface area contributed by atoms with Crippen molar-refractivity contribution in [1.29, 1.82) is 0 Å². The second-order valence-electron chi connectivity index (χ2n) is 5.89. The summed E-state index contributed by atoms with van der Waals surface area (Å²) in [6.07, 6.45) is 3.62. The van der Waals surface area contributed by atoms with Crippen LogP contribution in [0.1, 0.15) is 11.1 Å². The van der Waals surface area contributed by atoms with Crippen LogP contribution in [0.4, 0.5) is 5.69 Å². The first-order chi connectivity index (χ1) is 11.6. The summed E-state index contributed by atoms with van der Waals surface area (Å²) >= 11 is 1.45. The number of hydrogen-bond donors (Lipinski definition) is 1. The summed E-state index contributed by atoms with van der Waals surface area (Å²) in [6, 6.07) is 10.0. The van der Waals surface area contributed by atoms with Gasteiger partial charge >= 0.3 is 0 Å². The van der Waals surface area contributed by atoms with Crippen LogP contribution in [0.2, 0.25) is 0 Å². The number of benzene rings is 1. The van der Waals surface area contributed by atoms with Gasteiger partial charge in [0, 0.05) is 41.6 Å². The number of aromatic nitrogens is 2. The van der Waals surface area contributed by atoms with Crippen LogP contribution >= 0.6 is 11.3 Å². The molecule has 4 aromatic rings. The zero-order valence-corrected chi connectivity index (χ0v) is 14.6. The monoisotopic (exact) mass is 335 g/mol. The molecular formula is C19H17N3OS. The Morgan fingerprint density at radius 3 is 2.71 bits per heavy atom. The highest BCUT2D eigenvalue weighted by molar-refractivity contribution is 7.25. The molecule has 0 fully saturated rings. The van der Waals surface area contributed by atoms with Crippen molar-refractivity contribution in [2.75, 3.05) is 12.4 Å². The van der Waals surface area contributed by atoms with E-state index >= 15 is 0 Å². The average molecular weight is 335 g/mol. The van der Waals surface area contributed by atoms with Gasteiger partial charge in [-0.3, -0.25) is 9.36 Å². The van der Waals surface area contributed by atoms with Crippen LogP contribution in [0.5, 0.6) is 0 Å². The van der Waals surface area contributed by atoms with Gasteiger partial charge in [-0.05, 0) is 49.2 Å². The number of nitrogens with one attached hydrogen (secondary N) is 1. The Morgan fingerprint density at radius 2 is 1.96 bits per heavy atom. The maximum Gasteiger partial charge on any atom is 0.273 e. The number of nitrogens with zero attached hydrogens (tertiary/aromatic N) is 2. The van der Waals surface area contributed by atoms with Gasteiger partial charge in [-0.15, -0.1) is 11.3 Å². The van der Waals surface area contributed by atoms with E-state index in [1.54, 1.807) is 10.8 Å². The van der Waals surface area contributed by atoms with Gasteiger partial charge in [0.05, 0.1) is 0 Å². The second-order valence-corrected chi connectivity index (χ2v) is 6.89. The molecule has 0 radical (unpaired) electrons. The molecule has 24 heavy (non-hydrogen) atoms. The topological polar surface area (TPSA) is 46.9 Å². The Labute approximate surface area is 143 Å². The molecule has 0 spiro atoms. The normalized spacial score (nSPS) is 11.3. The number of hydrogen-bond acceptors (Lipinski definition) is 4. The molecule has 1 aromatic carbocycles. The highest BCUT2D eigenvalue weighted by Crippen LogP contribution is 2.35. The van der Waals surface area contributed by atoms with Crippen LogP contribution in [0.25, 0.3) is 26.0 Å². The van der Waals surface area contributed by atoms with Gasteiger partial charge in [0.2, 0.25) is 0 Å². The fraction of sp³-hybridized carbons (Fsp3) is 0.158. The standard InChI is InChI=1S/C19H17N3OS/c1-11-4-5-13(10-12(11)2)22-9-7-14-16-15(20-3)6-8-21-18(16)24-17(14)19(22)23/h4-10H,1-3H3,(H,20,21). The first-order valence-electron chi connectivity index (χ1n) is 7.78. The van der Waals surface area contributed by atoms with E-state index in [4.69, 9.17) is 0 Å². The van der Waals surface area contributed by atoms with Gasteiger partial charge in [-0.25, -0.2) is 4.98 Å². The number of pyridine rings is 2. The van der Waals surface area contributed by atoms with Crippen molar-refractivity contribution >= 4 is 37.3 Å². The van der Waals surface area contributed by atoms with Crippen molar-refractivity contribution in [1.82, 2.24) is 9.55 Å². The molecule has 0 aliphatic rings. The first kappa shape index (κ1) is 14.9. The van der Waals surface area contributed by atoms with Crippen molar-refractivity contribution in [3.8, 4) is 5.69 Å². The third kappa shape index (κ3) is 2.12. The van der Waals surface area contributed by atoms with Crippen molar-refractivity contribution in [2.45, 2.75) is 13.8 Å². The van der Waals surface area contributed by atoms with Crippen LogP contribution < -0.4 is 10.9 Å². The minimum absolute atomic E-state index is 0.000746. The smallest absolute Gasteiger partial charge is 0.273 e. The Kier molecular flexibility index (Phi) is 3.39. The molecule has 0 atom stereocenters. The highest BCUT2D eigenvalue weighted by atomic mass is 32.1. The molecule has 4 rings (SSSR count). The lowest BCUT2D eigenvalue weighted by Gasteiger charge is -2.08. The number of thiophene rings is 1. The molecule has 3 aromatic heterocycles. The molecule has 120 valence electrons. The van der Waals surface area contributed by atoms with E-state index in [1.807, 2.05) is 43.6 Å². The van der Waals surface area contributed by atoms with E-state index in [2.05, 4.69) is 24.1 Å². The SMILES string of the molecule is CNc1ccnc2sc3c(=O)n(-c4ccc(C)c(C)c4)ccc3c12. The Hall–Kier alpha value is -2.66. The predicted octanol–water partition coefficient (Wildman–Crippen LogP) is 4.26. The fourth-order valence-corrected chi connectivity index (χ4v) is 4.07. The predicted molar refractivity (Wildman–Crippen MR) is 102 cm³/mol. The molecule has 0 aliphatic carbocycles. The number of aryl methyl sites for hydroxylation is 2. The lowest BCUT2D eigenvalue weighted by molar-refractivity contribution is 1.01. The zero-order valence-electron chi connectivity index (χ0n) is 13.8. The lowest BCUT2D eigenvalue weighted by atomic mass is 10.1.